The summed E-state index contributed by atoms with van der Waals surface area (Å²) in [7, 11) is 0. The van der Waals surface area contributed by atoms with Gasteiger partial charge in [-0.3, -0.25) is 9.32 Å². The summed E-state index contributed by atoms with van der Waals surface area (Å²) in [6.07, 6.45) is 0. The van der Waals surface area contributed by atoms with Crippen molar-refractivity contribution in [2.75, 3.05) is 13.2 Å². The van der Waals surface area contributed by atoms with Gasteiger partial charge in [-0.2, -0.15) is 0 Å². The van der Waals surface area contributed by atoms with Gasteiger partial charge >= 0.3 is 5.76 Å². The molecule has 0 fully saturated rings. The summed E-state index contributed by atoms with van der Waals surface area (Å²) in [5, 5.41) is 6.67. The Morgan fingerprint density at radius 2 is 1.89 bits per heavy atom. The normalized spacial score (nSPS) is 13.8. The number of amides is 1. The van der Waals surface area contributed by atoms with Crippen LogP contribution < -0.4 is 20.5 Å². The van der Waals surface area contributed by atoms with E-state index < -0.39 is 5.76 Å². The lowest BCUT2D eigenvalue weighted by Crippen LogP contribution is -2.33. The second kappa shape index (κ2) is 7.59. The van der Waals surface area contributed by atoms with Gasteiger partial charge in [-0.1, -0.05) is 41.6 Å². The van der Waals surface area contributed by atoms with E-state index in [-0.39, 0.29) is 18.5 Å². The smallest absolute Gasteiger partial charge is 0.442 e. The van der Waals surface area contributed by atoms with E-state index in [0.29, 0.717) is 36.1 Å². The second-order valence-corrected chi connectivity index (χ2v) is 6.42. The molecule has 8 heteroatoms. The second-order valence-electron chi connectivity index (χ2n) is 6.42. The van der Waals surface area contributed by atoms with Gasteiger partial charge in [-0.25, -0.2) is 9.36 Å². The Morgan fingerprint density at radius 1 is 1.14 bits per heavy atom. The van der Waals surface area contributed by atoms with Crippen LogP contribution in [0.2, 0.25) is 0 Å². The van der Waals surface area contributed by atoms with Gasteiger partial charge in [0.05, 0.1) is 6.04 Å². The molecule has 8 nitrogen and oxygen atoms in total. The van der Waals surface area contributed by atoms with E-state index in [2.05, 4.69) is 10.5 Å². The zero-order valence-electron chi connectivity index (χ0n) is 15.3. The maximum Gasteiger partial charge on any atom is 0.442 e. The molecular weight excluding hydrogens is 362 g/mol. The third kappa shape index (κ3) is 3.62. The summed E-state index contributed by atoms with van der Waals surface area (Å²) in [4.78, 5) is 24.5. The van der Waals surface area contributed by atoms with Crippen LogP contribution in [0.3, 0.4) is 0 Å². The number of carbonyl (C=O) groups is 1. The van der Waals surface area contributed by atoms with E-state index in [4.69, 9.17) is 14.0 Å². The van der Waals surface area contributed by atoms with Gasteiger partial charge in [0.1, 0.15) is 19.8 Å². The summed E-state index contributed by atoms with van der Waals surface area (Å²) in [6, 6.07) is 14.4. The molecule has 1 amide bonds. The summed E-state index contributed by atoms with van der Waals surface area (Å²) in [5.74, 6) is 0.655. The largest absolute Gasteiger partial charge is 0.486 e. The Hall–Kier alpha value is -3.55. The Bertz CT molecular complexity index is 1040. The molecule has 1 aliphatic rings. The summed E-state index contributed by atoms with van der Waals surface area (Å²) in [5.41, 5.74) is 1.57. The highest BCUT2D eigenvalue weighted by Gasteiger charge is 2.19. The maximum atomic E-state index is 12.5. The minimum atomic E-state index is -0.680. The average molecular weight is 381 g/mol. The minimum absolute atomic E-state index is 0.193. The Labute approximate surface area is 160 Å². The minimum Gasteiger partial charge on any atom is -0.486 e. The predicted molar refractivity (Wildman–Crippen MR) is 100 cm³/mol. The molecule has 2 heterocycles. The van der Waals surface area contributed by atoms with Crippen LogP contribution >= 0.6 is 0 Å². The van der Waals surface area contributed by atoms with E-state index in [1.165, 1.54) is 4.57 Å². The van der Waals surface area contributed by atoms with Gasteiger partial charge in [-0.15, -0.1) is 0 Å². The molecule has 28 heavy (non-hydrogen) atoms. The first kappa shape index (κ1) is 17.8. The Morgan fingerprint density at radius 3 is 2.68 bits per heavy atom. The van der Waals surface area contributed by atoms with Crippen molar-refractivity contribution >= 4 is 5.91 Å². The molecule has 0 saturated heterocycles. The number of ether oxygens (including phenoxy) is 2. The first-order valence-corrected chi connectivity index (χ1v) is 8.92. The van der Waals surface area contributed by atoms with E-state index in [1.807, 2.05) is 43.3 Å². The third-order valence-electron chi connectivity index (χ3n) is 4.46. The fourth-order valence-corrected chi connectivity index (χ4v) is 3.05. The van der Waals surface area contributed by atoms with E-state index in [9.17, 15) is 9.59 Å². The average Bonchev–Trinajstić information content (AvgIpc) is 3.08. The maximum absolute atomic E-state index is 12.5. The van der Waals surface area contributed by atoms with Crippen LogP contribution in [-0.2, 0) is 11.3 Å². The number of nitrogens with one attached hydrogen (secondary N) is 1. The summed E-state index contributed by atoms with van der Waals surface area (Å²) >= 11 is 0. The molecule has 1 unspecified atom stereocenters. The predicted octanol–water partition coefficient (Wildman–Crippen LogP) is 2.15. The molecule has 0 aliphatic carbocycles. The quantitative estimate of drug-likeness (QED) is 0.728. The lowest BCUT2D eigenvalue weighted by atomic mass is 10.1. The number of rotatable bonds is 5. The van der Waals surface area contributed by atoms with E-state index >= 15 is 0 Å². The van der Waals surface area contributed by atoms with Crippen LogP contribution in [0, 0.1) is 0 Å². The van der Waals surface area contributed by atoms with Crippen molar-refractivity contribution in [2.45, 2.75) is 19.5 Å². The number of nitrogens with zero attached hydrogens (tertiary/aromatic N) is 2. The standard InChI is InChI=1S/C20H19N3O5/c1-13(15-7-8-16-17(11-15)27-10-9-26-16)21-18(24)12-23-19(22-28-20(23)25)14-5-3-2-4-6-14/h2-8,11,13H,9-10,12H2,1H3,(H,21,24). The monoisotopic (exact) mass is 381 g/mol. The molecule has 3 aromatic rings. The van der Waals surface area contributed by atoms with Gasteiger partial charge in [0, 0.05) is 5.56 Å². The lowest BCUT2D eigenvalue weighted by Gasteiger charge is -2.21. The topological polar surface area (TPSA) is 95.6 Å². The van der Waals surface area contributed by atoms with Gasteiger partial charge in [0.2, 0.25) is 5.91 Å². The zero-order valence-corrected chi connectivity index (χ0v) is 15.3. The number of carbonyl (C=O) groups excluding carboxylic acids is 1. The SMILES string of the molecule is CC(NC(=O)Cn1c(-c2ccccc2)noc1=O)c1ccc2c(c1)OCCO2. The molecule has 1 aromatic heterocycles. The van der Waals surface area contributed by atoms with Gasteiger partial charge in [-0.05, 0) is 24.6 Å². The number of aromatic nitrogens is 2. The first-order chi connectivity index (χ1) is 13.6. The van der Waals surface area contributed by atoms with Gasteiger partial charge in [0.25, 0.3) is 0 Å². The van der Waals surface area contributed by atoms with Gasteiger partial charge < -0.3 is 14.8 Å². The van der Waals surface area contributed by atoms with Crippen LogP contribution in [0.4, 0.5) is 0 Å². The third-order valence-corrected chi connectivity index (χ3v) is 4.46. The van der Waals surface area contributed by atoms with Crippen molar-refractivity contribution in [2.24, 2.45) is 0 Å². The number of hydrogen-bond donors (Lipinski definition) is 1. The Balaban J connectivity index is 1.48. The summed E-state index contributed by atoms with van der Waals surface area (Å²) < 4.78 is 17.1. The van der Waals surface area contributed by atoms with Crippen molar-refractivity contribution < 1.29 is 18.8 Å². The molecule has 1 atom stereocenters. The first-order valence-electron chi connectivity index (χ1n) is 8.92. The van der Waals surface area contributed by atoms with Crippen molar-refractivity contribution in [3.8, 4) is 22.9 Å². The fourth-order valence-electron chi connectivity index (χ4n) is 3.05. The van der Waals surface area contributed by atoms with E-state index in [0.717, 1.165) is 5.56 Å². The van der Waals surface area contributed by atoms with Crippen LogP contribution in [0.5, 0.6) is 11.5 Å². The van der Waals surface area contributed by atoms with Crippen LogP contribution in [-0.4, -0.2) is 28.8 Å². The summed E-state index contributed by atoms with van der Waals surface area (Å²) in [6.45, 7) is 2.69. The molecule has 0 radical (unpaired) electrons. The van der Waals surface area contributed by atoms with Gasteiger partial charge in [0.15, 0.2) is 17.3 Å². The van der Waals surface area contributed by atoms with Crippen molar-refractivity contribution in [3.63, 3.8) is 0 Å². The molecule has 0 saturated carbocycles. The highest BCUT2D eigenvalue weighted by atomic mass is 16.6. The van der Waals surface area contributed by atoms with Crippen LogP contribution in [0.1, 0.15) is 18.5 Å². The van der Waals surface area contributed by atoms with Crippen molar-refractivity contribution in [3.05, 3.63) is 64.6 Å². The fraction of sp³-hybridized carbons (Fsp3) is 0.250. The molecule has 0 bridgehead atoms. The van der Waals surface area contributed by atoms with E-state index in [1.54, 1.807) is 12.1 Å². The molecule has 144 valence electrons. The Kier molecular flexibility index (Phi) is 4.84. The number of benzene rings is 2. The van der Waals surface area contributed by atoms with Crippen molar-refractivity contribution in [1.29, 1.82) is 0 Å². The molecule has 1 aliphatic heterocycles. The molecule has 4 rings (SSSR count). The van der Waals surface area contributed by atoms with Crippen molar-refractivity contribution in [1.82, 2.24) is 15.0 Å². The number of fused-ring (bicyclic) bond motifs is 1. The van der Waals surface area contributed by atoms with Crippen LogP contribution in [0.15, 0.2) is 57.8 Å². The lowest BCUT2D eigenvalue weighted by molar-refractivity contribution is -0.122. The highest BCUT2D eigenvalue weighted by molar-refractivity contribution is 5.77. The number of hydrogen-bond acceptors (Lipinski definition) is 6. The zero-order chi connectivity index (χ0) is 19.5. The molecule has 1 N–H and O–H groups in total. The highest BCUT2D eigenvalue weighted by Crippen LogP contribution is 2.32. The molecule has 2 aromatic carbocycles. The molecular formula is C20H19N3O5. The van der Waals surface area contributed by atoms with Crippen LogP contribution in [0.25, 0.3) is 11.4 Å². The molecule has 0 spiro atoms.